The van der Waals surface area contributed by atoms with E-state index < -0.39 is 15.7 Å². The number of aldehydes is 1. The van der Waals surface area contributed by atoms with Crippen LogP contribution in [-0.2, 0) is 0 Å². The van der Waals surface area contributed by atoms with Gasteiger partial charge in [-0.3, -0.25) is 25.0 Å². The van der Waals surface area contributed by atoms with E-state index in [1.165, 1.54) is 46.4 Å². The van der Waals surface area contributed by atoms with Gasteiger partial charge in [-0.05, 0) is 261 Å². The SMILES string of the molecule is CN(C)CCCS.CN(C)CCCSc1ccc(N)c(N)c1.CN(C)CCCSc1ccc([N+](=O)[O-])c(N)c1.CN(C)CCCSc1ccc2nc(-c3ccc(-c4nc5ccc(SCCCN(C)C)cc5[nH]4)cc3)[nH]c2c1.COc1ccc(C=O)cc1.Nc1cc(F)ccc1[N+](=O)[O-]. The van der Waals surface area contributed by atoms with E-state index in [9.17, 15) is 29.4 Å². The number of hydrogen-bond acceptors (Lipinski definition) is 22. The van der Waals surface area contributed by atoms with Crippen LogP contribution in [0.5, 0.6) is 5.75 Å². The first-order chi connectivity index (χ1) is 46.8. The number of aromatic nitrogens is 4. The number of thioether (sulfide) groups is 4. The fourth-order valence-electron chi connectivity index (χ4n) is 8.69. The molecule has 0 aliphatic rings. The molecule has 0 amide bonds. The normalized spacial score (nSPS) is 10.9. The second kappa shape index (κ2) is 45.2. The Labute approximate surface area is 599 Å². The summed E-state index contributed by atoms with van der Waals surface area (Å²) in [6.07, 6.45) is 6.61. The molecule has 0 bridgehead atoms. The number of aromatic amines is 2. The lowest BCUT2D eigenvalue weighted by molar-refractivity contribution is -0.384. The Morgan fingerprint density at radius 2 is 0.837 bits per heavy atom. The van der Waals surface area contributed by atoms with E-state index in [1.807, 2.05) is 67.6 Å². The van der Waals surface area contributed by atoms with Crippen LogP contribution in [0.4, 0.5) is 38.5 Å². The Balaban J connectivity index is 0.000000282. The Morgan fingerprint density at radius 3 is 1.17 bits per heavy atom. The number of nitrogens with two attached hydrogens (primary N) is 4. The highest BCUT2D eigenvalue weighted by Gasteiger charge is 2.14. The van der Waals surface area contributed by atoms with Crippen molar-refractivity contribution in [3.63, 3.8) is 0 Å². The molecule has 0 aliphatic carbocycles. The Morgan fingerprint density at radius 1 is 0.480 bits per heavy atom. The predicted octanol–water partition coefficient (Wildman–Crippen LogP) is 14.7. The number of carbonyl (C=O) groups is 1. The number of ether oxygens (including phenoxy) is 1. The van der Waals surface area contributed by atoms with E-state index in [-0.39, 0.29) is 22.7 Å². The number of imidazole rings is 2. The molecule has 2 aromatic heterocycles. The van der Waals surface area contributed by atoms with Crippen molar-refractivity contribution in [1.29, 1.82) is 0 Å². The molecule has 7 aromatic carbocycles. The van der Waals surface area contributed by atoms with Crippen LogP contribution in [0.25, 0.3) is 44.8 Å². The number of H-pyrrole nitrogens is 2. The lowest BCUT2D eigenvalue weighted by atomic mass is 10.1. The third-order valence-electron chi connectivity index (χ3n) is 13.9. The molecule has 27 heteroatoms. The molecule has 9 aromatic rings. The third kappa shape index (κ3) is 32.0. The van der Waals surface area contributed by atoms with Crippen LogP contribution in [0.1, 0.15) is 42.5 Å². The summed E-state index contributed by atoms with van der Waals surface area (Å²) in [7, 11) is 22.5. The number of thiol groups is 1. The van der Waals surface area contributed by atoms with Gasteiger partial charge in [0.05, 0.1) is 50.4 Å². The number of nitrogen functional groups attached to an aromatic ring is 4. The van der Waals surface area contributed by atoms with Crippen molar-refractivity contribution in [2.24, 2.45) is 0 Å². The van der Waals surface area contributed by atoms with Crippen LogP contribution in [0.2, 0.25) is 0 Å². The molecular weight excluding hydrogens is 1340 g/mol. The number of halogens is 1. The minimum absolute atomic E-state index is 0.0253. The smallest absolute Gasteiger partial charge is 0.292 e. The Hall–Kier alpha value is -7.57. The van der Waals surface area contributed by atoms with Crippen LogP contribution in [0, 0.1) is 26.0 Å². The van der Waals surface area contributed by atoms with Gasteiger partial charge < -0.3 is 62.1 Å². The molecule has 0 atom stereocenters. The zero-order valence-electron chi connectivity index (χ0n) is 58.2. The summed E-state index contributed by atoms with van der Waals surface area (Å²) in [6.45, 7) is 5.55. The van der Waals surface area contributed by atoms with Crippen molar-refractivity contribution < 1.29 is 23.8 Å². The fourth-order valence-corrected chi connectivity index (χ4v) is 12.3. The van der Waals surface area contributed by atoms with Gasteiger partial charge >= 0.3 is 0 Å². The summed E-state index contributed by atoms with van der Waals surface area (Å²) in [5.41, 5.74) is 30.2. The lowest BCUT2D eigenvalue weighted by Gasteiger charge is -2.09. The molecule has 0 radical (unpaired) electrons. The number of nitrogens with one attached hydrogen (secondary N) is 2. The number of methoxy groups -OCH3 is 1. The minimum atomic E-state index is -0.658. The number of fused-ring (bicyclic) bond motifs is 2. The highest BCUT2D eigenvalue weighted by molar-refractivity contribution is 8.00. The van der Waals surface area contributed by atoms with Crippen LogP contribution >= 0.6 is 59.7 Å². The van der Waals surface area contributed by atoms with Crippen molar-refractivity contribution in [3.05, 3.63) is 171 Å². The zero-order chi connectivity index (χ0) is 72.1. The number of nitro benzene ring substituents is 2. The first-order valence-electron chi connectivity index (χ1n) is 31.7. The number of carbonyl (C=O) groups excluding carboxylic acids is 1. The van der Waals surface area contributed by atoms with Gasteiger partial charge in [0.1, 0.15) is 40.9 Å². The molecule has 9 rings (SSSR count). The van der Waals surface area contributed by atoms with Crippen molar-refractivity contribution in [1.82, 2.24) is 44.4 Å². The third-order valence-corrected chi connectivity index (χ3v) is 18.5. The molecule has 98 heavy (non-hydrogen) atoms. The van der Waals surface area contributed by atoms with E-state index in [4.69, 9.17) is 37.6 Å². The Bertz CT molecular complexity index is 3710. The van der Waals surface area contributed by atoms with Crippen LogP contribution in [0.3, 0.4) is 0 Å². The summed E-state index contributed by atoms with van der Waals surface area (Å²) in [5, 5.41) is 20.7. The molecule has 0 unspecified atom stereocenters. The van der Waals surface area contributed by atoms with Crippen LogP contribution < -0.4 is 27.7 Å². The van der Waals surface area contributed by atoms with Crippen LogP contribution in [-0.4, -0.2) is 200 Å². The molecule has 0 fully saturated rings. The average Bonchev–Trinajstić information content (AvgIpc) is 1.66. The summed E-state index contributed by atoms with van der Waals surface area (Å²) >= 11 is 11.4. The zero-order valence-corrected chi connectivity index (χ0v) is 62.4. The summed E-state index contributed by atoms with van der Waals surface area (Å²) < 4.78 is 17.2. The maximum atomic E-state index is 12.3. The van der Waals surface area contributed by atoms with Crippen LogP contribution in [0.15, 0.2) is 159 Å². The van der Waals surface area contributed by atoms with E-state index in [0.29, 0.717) is 16.9 Å². The highest BCUT2D eigenvalue weighted by Crippen LogP contribution is 2.32. The number of hydrogen-bond donors (Lipinski definition) is 7. The van der Waals surface area contributed by atoms with Gasteiger partial charge in [0, 0.05) is 54.5 Å². The number of benzene rings is 7. The van der Waals surface area contributed by atoms with Crippen molar-refractivity contribution in [2.45, 2.75) is 51.7 Å². The van der Waals surface area contributed by atoms with Crippen molar-refractivity contribution >= 4 is 122 Å². The van der Waals surface area contributed by atoms with Crippen molar-refractivity contribution in [2.75, 3.05) is 162 Å². The molecule has 2 heterocycles. The number of rotatable bonds is 29. The molecule has 10 N–H and O–H groups in total. The van der Waals surface area contributed by atoms with Gasteiger partial charge in [-0.15, -0.1) is 47.0 Å². The standard InChI is InChI=1S/C30H36N6S2.C11H17N3O2S.C11H19N3S.C8H8O2.C6H5FN2O2.C5H13NS/c1-35(2)15-5-17-37-23-11-13-25-27(19-23)33-29(31-25)21-7-9-22(10-8-21)30-32-26-14-12-24(20-28(26)34-30)38-18-6-16-36(3)4;1-13(2)6-3-7-17-9-4-5-11(14(15)16)10(12)8-9;1-14(2)6-3-7-15-9-4-5-10(12)11(13)8-9;1-10-8-4-2-7(6-9)3-5-8;7-4-1-2-6(9(10)11)5(8)3-4;1-6(2)4-3-5-7/h7-14,19-20H,5-6,15-18H2,1-4H3,(H,31,33)(H,32,34);4-5,8H,3,6-7,12H2,1-2H3;4-5,8H,3,6-7,12-13H2,1-2H3;2-6H,1H3;1-3H,8H2;7H,3-5H2,1-2H3. The van der Waals surface area contributed by atoms with Gasteiger partial charge in [0.15, 0.2) is 0 Å². The fraction of sp³-hybridized carbons (Fsp3) is 0.366. The number of nitrogens with zero attached hydrogens (tertiary/aromatic N) is 9. The first-order valence-corrected chi connectivity index (χ1v) is 36.3. The van der Waals surface area contributed by atoms with Gasteiger partial charge in [-0.2, -0.15) is 12.6 Å². The summed E-state index contributed by atoms with van der Waals surface area (Å²) in [5.74, 6) is 7.30. The maximum Gasteiger partial charge on any atom is 0.292 e. The number of nitro groups is 2. The summed E-state index contributed by atoms with van der Waals surface area (Å²) in [4.78, 5) is 62.1. The van der Waals surface area contributed by atoms with E-state index >= 15 is 0 Å². The molecule has 0 saturated heterocycles. The molecular formula is C71H98FN15O6S5. The minimum Gasteiger partial charge on any atom is -0.497 e. The largest absolute Gasteiger partial charge is 0.497 e. The molecule has 530 valence electrons. The average molecular weight is 1440 g/mol. The molecule has 0 aliphatic heterocycles. The van der Waals surface area contributed by atoms with Gasteiger partial charge in [-0.1, -0.05) is 24.3 Å². The second-order valence-corrected chi connectivity index (χ2v) is 28.7. The second-order valence-electron chi connectivity index (χ2n) is 23.6. The first kappa shape index (κ1) is 82.9. The number of anilines is 4. The highest BCUT2D eigenvalue weighted by atomic mass is 32.2. The summed E-state index contributed by atoms with van der Waals surface area (Å²) in [6, 6.07) is 42.0. The monoisotopic (exact) mass is 1440 g/mol. The predicted molar refractivity (Wildman–Crippen MR) is 418 cm³/mol. The Kier molecular flexibility index (Phi) is 38.2. The molecule has 0 spiro atoms. The van der Waals surface area contributed by atoms with Gasteiger partial charge in [0.2, 0.25) is 0 Å². The molecule has 21 nitrogen and oxygen atoms in total. The molecule has 0 saturated carbocycles. The van der Waals surface area contributed by atoms with E-state index in [2.05, 4.69) is 164 Å². The lowest BCUT2D eigenvalue weighted by Crippen LogP contribution is -2.13. The van der Waals surface area contributed by atoms with E-state index in [0.717, 1.165) is 148 Å². The van der Waals surface area contributed by atoms with E-state index in [1.54, 1.807) is 55.3 Å². The van der Waals surface area contributed by atoms with Gasteiger partial charge in [0.25, 0.3) is 11.4 Å². The van der Waals surface area contributed by atoms with Gasteiger partial charge in [-0.25, -0.2) is 14.4 Å². The van der Waals surface area contributed by atoms with Crippen molar-refractivity contribution in [3.8, 4) is 28.5 Å². The quantitative estimate of drug-likeness (QED) is 0.00436. The maximum absolute atomic E-state index is 12.3. The topological polar surface area (TPSA) is 290 Å².